The lowest BCUT2D eigenvalue weighted by atomic mass is 9.97. The van der Waals surface area contributed by atoms with Crippen molar-refractivity contribution >= 4 is 11.7 Å². The lowest BCUT2D eigenvalue weighted by Gasteiger charge is -2.13. The second-order valence-corrected chi connectivity index (χ2v) is 6.71. The fourth-order valence-electron chi connectivity index (χ4n) is 3.24. The Hall–Kier alpha value is -2.82. The predicted molar refractivity (Wildman–Crippen MR) is 108 cm³/mol. The Morgan fingerprint density at radius 3 is 2.81 bits per heavy atom. The van der Waals surface area contributed by atoms with Crippen molar-refractivity contribution < 1.29 is 9.53 Å². The molecule has 0 bridgehead atoms. The fourth-order valence-corrected chi connectivity index (χ4v) is 3.24. The molecule has 27 heavy (non-hydrogen) atoms. The first-order chi connectivity index (χ1) is 13.3. The molecule has 1 heterocycles. The summed E-state index contributed by atoms with van der Waals surface area (Å²) in [4.78, 5) is 16.6. The first kappa shape index (κ1) is 19.0. The first-order valence-corrected chi connectivity index (χ1v) is 9.54. The molecule has 1 aliphatic carbocycles. The van der Waals surface area contributed by atoms with Crippen molar-refractivity contribution in [3.63, 3.8) is 0 Å². The Morgan fingerprint density at radius 1 is 1.19 bits per heavy atom. The van der Waals surface area contributed by atoms with Crippen LogP contribution in [0.3, 0.4) is 0 Å². The van der Waals surface area contributed by atoms with Gasteiger partial charge in [-0.3, -0.25) is 4.79 Å². The fraction of sp³-hybridized carbons (Fsp3) is 0.364. The number of methoxy groups -OCH3 is 1. The number of pyridine rings is 1. The zero-order chi connectivity index (χ0) is 18.9. The van der Waals surface area contributed by atoms with Crippen LogP contribution < -0.4 is 15.4 Å². The number of amides is 1. The van der Waals surface area contributed by atoms with Gasteiger partial charge in [-0.1, -0.05) is 29.8 Å². The molecular formula is C22H27N3O2. The number of ether oxygens (including phenoxy) is 1. The SMILES string of the molecule is COc1ccccc1CNc1ccc(C(=O)NCCC2=CCCCC2)cn1. The summed E-state index contributed by atoms with van der Waals surface area (Å²) in [5, 5.41) is 6.24. The predicted octanol–water partition coefficient (Wildman–Crippen LogP) is 4.32. The zero-order valence-electron chi connectivity index (χ0n) is 15.8. The number of nitrogens with one attached hydrogen (secondary N) is 2. The average Bonchev–Trinajstić information content (AvgIpc) is 2.73. The largest absolute Gasteiger partial charge is 0.496 e. The molecule has 0 fully saturated rings. The van der Waals surface area contributed by atoms with E-state index in [0.29, 0.717) is 18.7 Å². The highest BCUT2D eigenvalue weighted by atomic mass is 16.5. The van der Waals surface area contributed by atoms with E-state index in [1.807, 2.05) is 30.3 Å². The van der Waals surface area contributed by atoms with Crippen LogP contribution in [-0.2, 0) is 6.54 Å². The summed E-state index contributed by atoms with van der Waals surface area (Å²) in [6, 6.07) is 11.5. The van der Waals surface area contributed by atoms with Gasteiger partial charge < -0.3 is 15.4 Å². The van der Waals surface area contributed by atoms with Crippen molar-refractivity contribution in [2.45, 2.75) is 38.6 Å². The molecule has 0 unspecified atom stereocenters. The van der Waals surface area contributed by atoms with Gasteiger partial charge in [-0.2, -0.15) is 0 Å². The highest BCUT2D eigenvalue weighted by Gasteiger charge is 2.08. The highest BCUT2D eigenvalue weighted by Crippen LogP contribution is 2.20. The smallest absolute Gasteiger partial charge is 0.252 e. The van der Waals surface area contributed by atoms with E-state index in [0.717, 1.165) is 23.6 Å². The van der Waals surface area contributed by atoms with Crippen LogP contribution in [-0.4, -0.2) is 24.5 Å². The lowest BCUT2D eigenvalue weighted by molar-refractivity contribution is 0.0953. The third-order valence-electron chi connectivity index (χ3n) is 4.79. The normalized spacial score (nSPS) is 13.6. The first-order valence-electron chi connectivity index (χ1n) is 9.54. The standard InChI is InChI=1S/C22H27N3O2/c1-27-20-10-6-5-9-18(20)15-24-21-12-11-19(16-25-21)22(26)23-14-13-17-7-3-2-4-8-17/h5-7,9-12,16H,2-4,8,13-15H2,1H3,(H,23,26)(H,24,25). The Kier molecular flexibility index (Phi) is 6.85. The summed E-state index contributed by atoms with van der Waals surface area (Å²) < 4.78 is 5.35. The molecule has 142 valence electrons. The molecule has 2 N–H and O–H groups in total. The molecule has 1 aromatic heterocycles. The van der Waals surface area contributed by atoms with E-state index in [1.54, 1.807) is 19.4 Å². The van der Waals surface area contributed by atoms with Gasteiger partial charge in [0.05, 0.1) is 12.7 Å². The number of hydrogen-bond acceptors (Lipinski definition) is 4. The molecule has 0 saturated heterocycles. The third-order valence-corrected chi connectivity index (χ3v) is 4.79. The summed E-state index contributed by atoms with van der Waals surface area (Å²) in [6.45, 7) is 1.29. The molecule has 1 aromatic carbocycles. The topological polar surface area (TPSA) is 63.2 Å². The number of allylic oxidation sites excluding steroid dienone is 1. The maximum absolute atomic E-state index is 12.3. The van der Waals surface area contributed by atoms with Crippen LogP contribution in [0.25, 0.3) is 0 Å². The minimum absolute atomic E-state index is 0.0739. The van der Waals surface area contributed by atoms with Gasteiger partial charge in [-0.25, -0.2) is 4.98 Å². The molecule has 0 saturated carbocycles. The minimum Gasteiger partial charge on any atom is -0.496 e. The Balaban J connectivity index is 1.47. The maximum Gasteiger partial charge on any atom is 0.252 e. The quantitative estimate of drug-likeness (QED) is 0.684. The number of nitrogens with zero attached hydrogens (tertiary/aromatic N) is 1. The zero-order valence-corrected chi connectivity index (χ0v) is 15.8. The van der Waals surface area contributed by atoms with E-state index in [1.165, 1.54) is 31.3 Å². The Morgan fingerprint density at radius 2 is 2.07 bits per heavy atom. The van der Waals surface area contributed by atoms with Crippen molar-refractivity contribution in [3.8, 4) is 5.75 Å². The second kappa shape index (κ2) is 9.76. The van der Waals surface area contributed by atoms with Crippen LogP contribution in [0.1, 0.15) is 48.0 Å². The van der Waals surface area contributed by atoms with Crippen LogP contribution >= 0.6 is 0 Å². The van der Waals surface area contributed by atoms with Gasteiger partial charge in [0.2, 0.25) is 0 Å². The number of hydrogen-bond donors (Lipinski definition) is 2. The van der Waals surface area contributed by atoms with Crippen molar-refractivity contribution in [1.29, 1.82) is 0 Å². The Labute approximate surface area is 160 Å². The summed E-state index contributed by atoms with van der Waals surface area (Å²) in [5.41, 5.74) is 3.10. The molecule has 3 rings (SSSR count). The van der Waals surface area contributed by atoms with Crippen LogP contribution in [0.15, 0.2) is 54.2 Å². The van der Waals surface area contributed by atoms with Crippen LogP contribution in [0, 0.1) is 0 Å². The van der Waals surface area contributed by atoms with E-state index < -0.39 is 0 Å². The number of benzene rings is 1. The summed E-state index contributed by atoms with van der Waals surface area (Å²) in [5.74, 6) is 1.49. The molecule has 0 radical (unpaired) electrons. The molecule has 0 atom stereocenters. The van der Waals surface area contributed by atoms with Crippen LogP contribution in [0.2, 0.25) is 0 Å². The number of rotatable bonds is 8. The van der Waals surface area contributed by atoms with Gasteiger partial charge in [-0.15, -0.1) is 0 Å². The Bertz CT molecular complexity index is 784. The van der Waals surface area contributed by atoms with Crippen LogP contribution in [0.5, 0.6) is 5.75 Å². The molecule has 5 nitrogen and oxygen atoms in total. The van der Waals surface area contributed by atoms with Gasteiger partial charge in [0.1, 0.15) is 11.6 Å². The third kappa shape index (κ3) is 5.58. The molecule has 0 spiro atoms. The van der Waals surface area contributed by atoms with Gasteiger partial charge in [-0.05, 0) is 50.3 Å². The van der Waals surface area contributed by atoms with Crippen LogP contribution in [0.4, 0.5) is 5.82 Å². The van der Waals surface area contributed by atoms with E-state index in [4.69, 9.17) is 4.74 Å². The van der Waals surface area contributed by atoms with E-state index in [-0.39, 0.29) is 5.91 Å². The number of aromatic nitrogens is 1. The molecule has 5 heteroatoms. The molecule has 0 aliphatic heterocycles. The maximum atomic E-state index is 12.3. The number of para-hydroxylation sites is 1. The van der Waals surface area contributed by atoms with Gasteiger partial charge >= 0.3 is 0 Å². The van der Waals surface area contributed by atoms with Gasteiger partial charge in [0.15, 0.2) is 0 Å². The second-order valence-electron chi connectivity index (χ2n) is 6.71. The minimum atomic E-state index is -0.0739. The van der Waals surface area contributed by atoms with Crippen molar-refractivity contribution in [2.75, 3.05) is 19.0 Å². The van der Waals surface area contributed by atoms with Gasteiger partial charge in [0.25, 0.3) is 5.91 Å². The highest BCUT2D eigenvalue weighted by molar-refractivity contribution is 5.94. The number of anilines is 1. The van der Waals surface area contributed by atoms with Crippen molar-refractivity contribution in [1.82, 2.24) is 10.3 Å². The van der Waals surface area contributed by atoms with E-state index in [2.05, 4.69) is 21.7 Å². The lowest BCUT2D eigenvalue weighted by Crippen LogP contribution is -2.25. The summed E-state index contributed by atoms with van der Waals surface area (Å²) in [6.07, 6.45) is 9.78. The molecule has 1 amide bonds. The van der Waals surface area contributed by atoms with Crippen molar-refractivity contribution in [2.24, 2.45) is 0 Å². The molecule has 2 aromatic rings. The summed E-state index contributed by atoms with van der Waals surface area (Å²) in [7, 11) is 1.66. The number of carbonyl (C=O) groups excluding carboxylic acids is 1. The summed E-state index contributed by atoms with van der Waals surface area (Å²) >= 11 is 0. The monoisotopic (exact) mass is 365 g/mol. The van der Waals surface area contributed by atoms with E-state index >= 15 is 0 Å². The molecular weight excluding hydrogens is 338 g/mol. The van der Waals surface area contributed by atoms with E-state index in [9.17, 15) is 4.79 Å². The van der Waals surface area contributed by atoms with Gasteiger partial charge in [0, 0.05) is 24.8 Å². The average molecular weight is 365 g/mol. The molecule has 1 aliphatic rings. The van der Waals surface area contributed by atoms with Crippen molar-refractivity contribution in [3.05, 3.63) is 65.4 Å². The number of carbonyl (C=O) groups is 1.